The molecule has 1 aromatic heterocycles. The van der Waals surface area contributed by atoms with Gasteiger partial charge in [-0.25, -0.2) is 0 Å². The van der Waals surface area contributed by atoms with Crippen LogP contribution in [-0.4, -0.2) is 17.4 Å². The Balaban J connectivity index is 1.83. The third-order valence-electron chi connectivity index (χ3n) is 2.81. The Bertz CT molecular complexity index is 574. The SMILES string of the molecule is C[C@H](NCC(=O)Nc1cccc(Cl)c1)c1ccccn1. The van der Waals surface area contributed by atoms with Gasteiger partial charge >= 0.3 is 0 Å². The second-order valence-corrected chi connectivity index (χ2v) is 4.85. The summed E-state index contributed by atoms with van der Waals surface area (Å²) in [6, 6.07) is 12.8. The topological polar surface area (TPSA) is 54.0 Å². The highest BCUT2D eigenvalue weighted by Crippen LogP contribution is 2.14. The molecule has 1 aromatic carbocycles. The van der Waals surface area contributed by atoms with Crippen LogP contribution >= 0.6 is 11.6 Å². The van der Waals surface area contributed by atoms with E-state index < -0.39 is 0 Å². The Hall–Kier alpha value is -1.91. The Morgan fingerprint density at radius 2 is 2.15 bits per heavy atom. The largest absolute Gasteiger partial charge is 0.325 e. The molecular formula is C15H16ClN3O. The fourth-order valence-electron chi connectivity index (χ4n) is 1.75. The van der Waals surface area contributed by atoms with Crippen LogP contribution in [0.25, 0.3) is 0 Å². The van der Waals surface area contributed by atoms with E-state index in [9.17, 15) is 4.79 Å². The zero-order chi connectivity index (χ0) is 14.4. The molecule has 0 fully saturated rings. The number of pyridine rings is 1. The third kappa shape index (κ3) is 4.33. The maximum Gasteiger partial charge on any atom is 0.238 e. The van der Waals surface area contributed by atoms with E-state index in [1.807, 2.05) is 25.1 Å². The molecule has 0 aliphatic heterocycles. The molecule has 2 N–H and O–H groups in total. The van der Waals surface area contributed by atoms with E-state index in [0.717, 1.165) is 5.69 Å². The smallest absolute Gasteiger partial charge is 0.238 e. The second-order valence-electron chi connectivity index (χ2n) is 4.42. The minimum absolute atomic E-state index is 0.0151. The average molecular weight is 290 g/mol. The van der Waals surface area contributed by atoms with Gasteiger partial charge in [0.2, 0.25) is 5.91 Å². The summed E-state index contributed by atoms with van der Waals surface area (Å²) in [4.78, 5) is 16.1. The van der Waals surface area contributed by atoms with Crippen LogP contribution in [0.5, 0.6) is 0 Å². The van der Waals surface area contributed by atoms with Crippen LogP contribution in [0.2, 0.25) is 5.02 Å². The van der Waals surface area contributed by atoms with Crippen molar-refractivity contribution in [3.8, 4) is 0 Å². The van der Waals surface area contributed by atoms with Crippen LogP contribution in [0, 0.1) is 0 Å². The van der Waals surface area contributed by atoms with Gasteiger partial charge in [0.15, 0.2) is 0 Å². The number of aromatic nitrogens is 1. The van der Waals surface area contributed by atoms with Crippen molar-refractivity contribution in [2.45, 2.75) is 13.0 Å². The van der Waals surface area contributed by atoms with Crippen molar-refractivity contribution >= 4 is 23.2 Å². The monoisotopic (exact) mass is 289 g/mol. The molecule has 0 radical (unpaired) electrons. The predicted octanol–water partition coefficient (Wildman–Crippen LogP) is 3.02. The van der Waals surface area contributed by atoms with Crippen LogP contribution in [-0.2, 0) is 4.79 Å². The molecule has 2 aromatic rings. The summed E-state index contributed by atoms with van der Waals surface area (Å²) in [5.74, 6) is -0.116. The molecule has 0 saturated carbocycles. The number of hydrogen-bond acceptors (Lipinski definition) is 3. The highest BCUT2D eigenvalue weighted by Gasteiger charge is 2.08. The minimum Gasteiger partial charge on any atom is -0.325 e. The van der Waals surface area contributed by atoms with Gasteiger partial charge in [0.25, 0.3) is 0 Å². The standard InChI is InChI=1S/C15H16ClN3O/c1-11(14-7-2-3-8-17-14)18-10-15(20)19-13-6-4-5-12(16)9-13/h2-9,11,18H,10H2,1H3,(H,19,20)/t11-/m0/s1. The van der Waals surface area contributed by atoms with E-state index in [4.69, 9.17) is 11.6 Å². The van der Waals surface area contributed by atoms with Crippen molar-refractivity contribution < 1.29 is 4.79 Å². The van der Waals surface area contributed by atoms with Crippen LogP contribution in [0.3, 0.4) is 0 Å². The van der Waals surface area contributed by atoms with E-state index in [0.29, 0.717) is 10.7 Å². The van der Waals surface area contributed by atoms with Crippen molar-refractivity contribution in [1.29, 1.82) is 0 Å². The molecule has 4 nitrogen and oxygen atoms in total. The average Bonchev–Trinajstić information content (AvgIpc) is 2.46. The van der Waals surface area contributed by atoms with Crippen LogP contribution in [0.1, 0.15) is 18.7 Å². The first-order valence-electron chi connectivity index (χ1n) is 6.35. The summed E-state index contributed by atoms with van der Waals surface area (Å²) < 4.78 is 0. The highest BCUT2D eigenvalue weighted by atomic mass is 35.5. The van der Waals surface area contributed by atoms with Crippen molar-refractivity contribution in [3.63, 3.8) is 0 Å². The molecule has 0 spiro atoms. The van der Waals surface area contributed by atoms with E-state index in [2.05, 4.69) is 15.6 Å². The van der Waals surface area contributed by atoms with Gasteiger partial charge in [-0.1, -0.05) is 23.7 Å². The zero-order valence-corrected chi connectivity index (χ0v) is 11.9. The summed E-state index contributed by atoms with van der Waals surface area (Å²) in [6.45, 7) is 2.18. The normalized spacial score (nSPS) is 11.9. The highest BCUT2D eigenvalue weighted by molar-refractivity contribution is 6.30. The summed E-state index contributed by atoms with van der Waals surface area (Å²) in [5, 5.41) is 6.50. The number of carbonyl (C=O) groups is 1. The molecule has 104 valence electrons. The van der Waals surface area contributed by atoms with Crippen LogP contribution in [0.4, 0.5) is 5.69 Å². The van der Waals surface area contributed by atoms with Crippen LogP contribution < -0.4 is 10.6 Å². The minimum atomic E-state index is -0.116. The summed E-state index contributed by atoms with van der Waals surface area (Å²) in [7, 11) is 0. The third-order valence-corrected chi connectivity index (χ3v) is 3.04. The molecule has 2 rings (SSSR count). The molecule has 0 aliphatic carbocycles. The number of amides is 1. The zero-order valence-electron chi connectivity index (χ0n) is 11.1. The number of hydrogen-bond donors (Lipinski definition) is 2. The van der Waals surface area contributed by atoms with Gasteiger partial charge in [-0.05, 0) is 37.3 Å². The molecule has 0 aliphatic rings. The Labute approximate surface area is 123 Å². The number of benzene rings is 1. The van der Waals surface area contributed by atoms with Gasteiger partial charge in [0.1, 0.15) is 0 Å². The first-order valence-corrected chi connectivity index (χ1v) is 6.72. The molecule has 5 heteroatoms. The van der Waals surface area contributed by atoms with Gasteiger partial charge in [0, 0.05) is 22.9 Å². The number of carbonyl (C=O) groups excluding carboxylic acids is 1. The number of nitrogens with zero attached hydrogens (tertiary/aromatic N) is 1. The van der Waals surface area contributed by atoms with Gasteiger partial charge in [0.05, 0.1) is 12.2 Å². The van der Waals surface area contributed by atoms with E-state index in [-0.39, 0.29) is 18.5 Å². The number of anilines is 1. The molecule has 1 amide bonds. The van der Waals surface area contributed by atoms with E-state index in [1.165, 1.54) is 0 Å². The maximum atomic E-state index is 11.8. The van der Waals surface area contributed by atoms with Gasteiger partial charge in [-0.2, -0.15) is 0 Å². The van der Waals surface area contributed by atoms with Crippen molar-refractivity contribution in [2.75, 3.05) is 11.9 Å². The maximum absolute atomic E-state index is 11.8. The molecule has 0 unspecified atom stereocenters. The lowest BCUT2D eigenvalue weighted by Crippen LogP contribution is -2.30. The Morgan fingerprint density at radius 3 is 2.85 bits per heavy atom. The molecule has 0 saturated heterocycles. The molecular weight excluding hydrogens is 274 g/mol. The Kier molecular flexibility index (Phi) is 5.09. The summed E-state index contributed by atoms with van der Waals surface area (Å²) >= 11 is 5.86. The van der Waals surface area contributed by atoms with E-state index in [1.54, 1.807) is 30.5 Å². The molecule has 1 heterocycles. The van der Waals surface area contributed by atoms with E-state index >= 15 is 0 Å². The molecule has 20 heavy (non-hydrogen) atoms. The second kappa shape index (κ2) is 7.03. The lowest BCUT2D eigenvalue weighted by atomic mass is 10.2. The van der Waals surface area contributed by atoms with Gasteiger partial charge in [-0.3, -0.25) is 9.78 Å². The fourth-order valence-corrected chi connectivity index (χ4v) is 1.94. The van der Waals surface area contributed by atoms with Crippen molar-refractivity contribution in [1.82, 2.24) is 10.3 Å². The molecule has 0 bridgehead atoms. The first-order chi connectivity index (χ1) is 9.65. The predicted molar refractivity (Wildman–Crippen MR) is 80.7 cm³/mol. The number of nitrogens with one attached hydrogen (secondary N) is 2. The summed E-state index contributed by atoms with van der Waals surface area (Å²) in [5.41, 5.74) is 1.60. The fraction of sp³-hybridized carbons (Fsp3) is 0.200. The summed E-state index contributed by atoms with van der Waals surface area (Å²) in [6.07, 6.45) is 1.74. The Morgan fingerprint density at radius 1 is 1.30 bits per heavy atom. The molecule has 1 atom stereocenters. The first kappa shape index (κ1) is 14.5. The van der Waals surface area contributed by atoms with Gasteiger partial charge in [-0.15, -0.1) is 0 Å². The van der Waals surface area contributed by atoms with Crippen LogP contribution in [0.15, 0.2) is 48.7 Å². The lowest BCUT2D eigenvalue weighted by molar-refractivity contribution is -0.115. The number of halogens is 1. The lowest BCUT2D eigenvalue weighted by Gasteiger charge is -2.13. The quantitative estimate of drug-likeness (QED) is 0.889. The number of rotatable bonds is 5. The van der Waals surface area contributed by atoms with Crippen molar-refractivity contribution in [2.24, 2.45) is 0 Å². The van der Waals surface area contributed by atoms with Gasteiger partial charge < -0.3 is 10.6 Å². The van der Waals surface area contributed by atoms with Crippen molar-refractivity contribution in [3.05, 3.63) is 59.4 Å².